The molecular formula is C15H20N2O. The van der Waals surface area contributed by atoms with Gasteiger partial charge >= 0.3 is 0 Å². The molecule has 1 N–H and O–H groups in total. The van der Waals surface area contributed by atoms with Crippen LogP contribution in [-0.2, 0) is 6.42 Å². The lowest BCUT2D eigenvalue weighted by Gasteiger charge is -2.03. The van der Waals surface area contributed by atoms with Gasteiger partial charge in [-0.1, -0.05) is 45.4 Å². The molecule has 2 aromatic rings. The maximum atomic E-state index is 10.3. The van der Waals surface area contributed by atoms with E-state index in [4.69, 9.17) is 0 Å². The number of para-hydroxylation sites is 1. The van der Waals surface area contributed by atoms with Crippen LogP contribution in [0.4, 0.5) is 0 Å². The Morgan fingerprint density at radius 1 is 1.22 bits per heavy atom. The predicted octanol–water partition coefficient (Wildman–Crippen LogP) is 3.65. The number of benzene rings is 1. The standard InChI is InChI=1S/C15H20N2O/c1-4-8-13-14(11(2)3)16-17(15(13)18)12-9-6-5-7-10-12/h5-7,9-11,18H,4,8H2,1-3H3. The second-order valence-corrected chi connectivity index (χ2v) is 4.84. The lowest BCUT2D eigenvalue weighted by Crippen LogP contribution is -1.97. The van der Waals surface area contributed by atoms with Crippen LogP contribution in [-0.4, -0.2) is 14.9 Å². The number of aromatic nitrogens is 2. The highest BCUT2D eigenvalue weighted by atomic mass is 16.3. The van der Waals surface area contributed by atoms with E-state index in [2.05, 4.69) is 25.9 Å². The van der Waals surface area contributed by atoms with Crippen molar-refractivity contribution in [3.05, 3.63) is 41.6 Å². The van der Waals surface area contributed by atoms with Crippen molar-refractivity contribution in [1.29, 1.82) is 0 Å². The van der Waals surface area contributed by atoms with E-state index in [1.165, 1.54) is 0 Å². The molecule has 96 valence electrons. The van der Waals surface area contributed by atoms with Crippen molar-refractivity contribution in [2.24, 2.45) is 0 Å². The molecule has 0 aliphatic heterocycles. The first kappa shape index (κ1) is 12.7. The second kappa shape index (κ2) is 5.25. The van der Waals surface area contributed by atoms with Gasteiger partial charge in [-0.2, -0.15) is 5.10 Å². The average molecular weight is 244 g/mol. The van der Waals surface area contributed by atoms with Gasteiger partial charge in [0.25, 0.3) is 0 Å². The van der Waals surface area contributed by atoms with Gasteiger partial charge in [0.05, 0.1) is 11.4 Å². The summed E-state index contributed by atoms with van der Waals surface area (Å²) in [6.45, 7) is 6.33. The van der Waals surface area contributed by atoms with E-state index in [9.17, 15) is 5.11 Å². The van der Waals surface area contributed by atoms with Crippen LogP contribution in [0.3, 0.4) is 0 Å². The SMILES string of the molecule is CCCc1c(C(C)C)nn(-c2ccccc2)c1O. The average Bonchev–Trinajstić information content (AvgIpc) is 2.69. The summed E-state index contributed by atoms with van der Waals surface area (Å²) in [5.41, 5.74) is 2.88. The van der Waals surface area contributed by atoms with Crippen LogP contribution in [0.25, 0.3) is 5.69 Å². The molecule has 0 amide bonds. The number of rotatable bonds is 4. The summed E-state index contributed by atoms with van der Waals surface area (Å²) in [5, 5.41) is 14.9. The highest BCUT2D eigenvalue weighted by Gasteiger charge is 2.19. The Labute approximate surface area is 108 Å². The third-order valence-electron chi connectivity index (χ3n) is 3.04. The van der Waals surface area contributed by atoms with E-state index in [1.807, 2.05) is 30.3 Å². The van der Waals surface area contributed by atoms with E-state index < -0.39 is 0 Å². The maximum absolute atomic E-state index is 10.3. The maximum Gasteiger partial charge on any atom is 0.217 e. The lowest BCUT2D eigenvalue weighted by atomic mass is 10.0. The molecular weight excluding hydrogens is 224 g/mol. The Morgan fingerprint density at radius 3 is 2.44 bits per heavy atom. The van der Waals surface area contributed by atoms with Gasteiger partial charge in [0, 0.05) is 5.56 Å². The highest BCUT2D eigenvalue weighted by molar-refractivity contribution is 5.41. The quantitative estimate of drug-likeness (QED) is 0.891. The van der Waals surface area contributed by atoms with E-state index in [0.717, 1.165) is 29.8 Å². The van der Waals surface area contributed by atoms with E-state index >= 15 is 0 Å². The molecule has 0 spiro atoms. The minimum Gasteiger partial charge on any atom is -0.493 e. The van der Waals surface area contributed by atoms with Crippen molar-refractivity contribution < 1.29 is 5.11 Å². The molecule has 18 heavy (non-hydrogen) atoms. The van der Waals surface area contributed by atoms with Crippen molar-refractivity contribution in [2.45, 2.75) is 39.5 Å². The van der Waals surface area contributed by atoms with Crippen molar-refractivity contribution in [3.63, 3.8) is 0 Å². The molecule has 0 aliphatic carbocycles. The highest BCUT2D eigenvalue weighted by Crippen LogP contribution is 2.30. The predicted molar refractivity (Wildman–Crippen MR) is 73.3 cm³/mol. The summed E-state index contributed by atoms with van der Waals surface area (Å²) >= 11 is 0. The molecule has 2 rings (SSSR count). The van der Waals surface area contributed by atoms with Gasteiger partial charge in [0.15, 0.2) is 0 Å². The summed E-state index contributed by atoms with van der Waals surface area (Å²) in [5.74, 6) is 0.606. The third kappa shape index (κ3) is 2.26. The molecule has 0 radical (unpaired) electrons. The van der Waals surface area contributed by atoms with Gasteiger partial charge in [-0.05, 0) is 24.5 Å². The topological polar surface area (TPSA) is 38.0 Å². The van der Waals surface area contributed by atoms with Crippen molar-refractivity contribution in [2.75, 3.05) is 0 Å². The fourth-order valence-electron chi connectivity index (χ4n) is 2.16. The number of hydrogen-bond acceptors (Lipinski definition) is 2. The fraction of sp³-hybridized carbons (Fsp3) is 0.400. The number of hydrogen-bond donors (Lipinski definition) is 1. The van der Waals surface area contributed by atoms with Crippen LogP contribution in [0, 0.1) is 0 Å². The molecule has 0 saturated heterocycles. The minimum absolute atomic E-state index is 0.284. The van der Waals surface area contributed by atoms with Gasteiger partial charge in [0.1, 0.15) is 0 Å². The molecule has 0 atom stereocenters. The Balaban J connectivity index is 2.53. The number of aromatic hydroxyl groups is 1. The van der Waals surface area contributed by atoms with Crippen molar-refractivity contribution >= 4 is 0 Å². The molecule has 0 aliphatic rings. The first-order chi connectivity index (χ1) is 8.65. The summed E-state index contributed by atoms with van der Waals surface area (Å²) in [6.07, 6.45) is 1.87. The Hall–Kier alpha value is -1.77. The molecule has 0 saturated carbocycles. The summed E-state index contributed by atoms with van der Waals surface area (Å²) in [6, 6.07) is 9.76. The normalized spacial score (nSPS) is 11.1. The summed E-state index contributed by atoms with van der Waals surface area (Å²) in [4.78, 5) is 0. The largest absolute Gasteiger partial charge is 0.493 e. The molecule has 1 heterocycles. The van der Waals surface area contributed by atoms with E-state index in [-0.39, 0.29) is 5.88 Å². The molecule has 3 heteroatoms. The Bertz CT molecular complexity index is 515. The number of nitrogens with zero attached hydrogens (tertiary/aromatic N) is 2. The van der Waals surface area contributed by atoms with Gasteiger partial charge in [-0.25, -0.2) is 4.68 Å². The zero-order chi connectivity index (χ0) is 13.1. The van der Waals surface area contributed by atoms with Crippen LogP contribution >= 0.6 is 0 Å². The second-order valence-electron chi connectivity index (χ2n) is 4.84. The zero-order valence-corrected chi connectivity index (χ0v) is 11.2. The van der Waals surface area contributed by atoms with Gasteiger partial charge in [-0.3, -0.25) is 0 Å². The van der Waals surface area contributed by atoms with Crippen LogP contribution in [0.2, 0.25) is 0 Å². The minimum atomic E-state index is 0.284. The molecule has 0 fully saturated rings. The smallest absolute Gasteiger partial charge is 0.217 e. The first-order valence-corrected chi connectivity index (χ1v) is 6.51. The van der Waals surface area contributed by atoms with Crippen molar-refractivity contribution in [3.8, 4) is 11.6 Å². The molecule has 1 aromatic carbocycles. The van der Waals surface area contributed by atoms with E-state index in [0.29, 0.717) is 5.92 Å². The monoisotopic (exact) mass is 244 g/mol. The van der Waals surface area contributed by atoms with Crippen LogP contribution in [0.15, 0.2) is 30.3 Å². The van der Waals surface area contributed by atoms with Crippen LogP contribution in [0.5, 0.6) is 5.88 Å². The Kier molecular flexibility index (Phi) is 3.70. The van der Waals surface area contributed by atoms with Crippen LogP contribution in [0.1, 0.15) is 44.4 Å². The zero-order valence-electron chi connectivity index (χ0n) is 11.2. The molecule has 1 aromatic heterocycles. The lowest BCUT2D eigenvalue weighted by molar-refractivity contribution is 0.427. The van der Waals surface area contributed by atoms with Gasteiger partial charge in [-0.15, -0.1) is 0 Å². The molecule has 0 bridgehead atoms. The molecule has 3 nitrogen and oxygen atoms in total. The Morgan fingerprint density at radius 2 is 1.89 bits per heavy atom. The fourth-order valence-corrected chi connectivity index (χ4v) is 2.16. The van der Waals surface area contributed by atoms with Gasteiger partial charge in [0.2, 0.25) is 5.88 Å². The first-order valence-electron chi connectivity index (χ1n) is 6.51. The summed E-state index contributed by atoms with van der Waals surface area (Å²) in [7, 11) is 0. The summed E-state index contributed by atoms with van der Waals surface area (Å²) < 4.78 is 1.64. The van der Waals surface area contributed by atoms with Gasteiger partial charge < -0.3 is 5.11 Å². The molecule has 0 unspecified atom stereocenters. The van der Waals surface area contributed by atoms with Crippen molar-refractivity contribution in [1.82, 2.24) is 9.78 Å². The van der Waals surface area contributed by atoms with Crippen LogP contribution < -0.4 is 0 Å². The van der Waals surface area contributed by atoms with E-state index in [1.54, 1.807) is 4.68 Å². The third-order valence-corrected chi connectivity index (χ3v) is 3.04.